The van der Waals surface area contributed by atoms with Crippen LogP contribution in [0.5, 0.6) is 0 Å². The van der Waals surface area contributed by atoms with Crippen molar-refractivity contribution < 1.29 is 9.53 Å². The van der Waals surface area contributed by atoms with Gasteiger partial charge in [0.05, 0.1) is 6.61 Å². The first-order valence-corrected chi connectivity index (χ1v) is 5.79. The zero-order valence-electron chi connectivity index (χ0n) is 7.73. The molecule has 0 fully saturated rings. The smallest absolute Gasteiger partial charge is 0.358 e. The molecular formula is C8H12Cl4O2. The van der Waals surface area contributed by atoms with Crippen LogP contribution in [0.2, 0.25) is 0 Å². The average molecular weight is 282 g/mol. The fourth-order valence-corrected chi connectivity index (χ4v) is 1.09. The number of esters is 1. The number of unbranched alkanes of at least 4 members (excludes halogenated alkanes) is 1. The highest BCUT2D eigenvalue weighted by Gasteiger charge is 2.32. The normalized spacial score (nSPS) is 13.8. The van der Waals surface area contributed by atoms with Gasteiger partial charge in [0.25, 0.3) is 3.79 Å². The molecule has 0 radical (unpaired) electrons. The quantitative estimate of drug-likeness (QED) is 0.436. The SMILES string of the molecule is CC(Cl)CCCCOC(=O)C(Cl)(Cl)Cl. The zero-order valence-corrected chi connectivity index (χ0v) is 10.8. The van der Waals surface area contributed by atoms with Crippen molar-refractivity contribution in [3.05, 3.63) is 0 Å². The van der Waals surface area contributed by atoms with Crippen molar-refractivity contribution in [3.63, 3.8) is 0 Å². The molecule has 2 nitrogen and oxygen atoms in total. The fourth-order valence-electron chi connectivity index (χ4n) is 0.774. The Morgan fingerprint density at radius 1 is 1.36 bits per heavy atom. The first-order valence-electron chi connectivity index (χ1n) is 4.22. The molecule has 0 saturated carbocycles. The summed E-state index contributed by atoms with van der Waals surface area (Å²) in [7, 11) is 0. The molecule has 0 saturated heterocycles. The molecular weight excluding hydrogens is 270 g/mol. The molecule has 0 spiro atoms. The first kappa shape index (κ1) is 14.6. The average Bonchev–Trinajstić information content (AvgIpc) is 2.01. The van der Waals surface area contributed by atoms with Crippen LogP contribution in [0.4, 0.5) is 0 Å². The highest BCUT2D eigenvalue weighted by atomic mass is 35.6. The summed E-state index contributed by atoms with van der Waals surface area (Å²) in [4.78, 5) is 10.9. The van der Waals surface area contributed by atoms with Crippen LogP contribution in [0.15, 0.2) is 0 Å². The fraction of sp³-hybridized carbons (Fsp3) is 0.875. The van der Waals surface area contributed by atoms with E-state index in [1.807, 2.05) is 6.92 Å². The Kier molecular flexibility index (Phi) is 7.31. The van der Waals surface area contributed by atoms with Crippen molar-refractivity contribution in [1.82, 2.24) is 0 Å². The van der Waals surface area contributed by atoms with Gasteiger partial charge in [0.2, 0.25) is 0 Å². The van der Waals surface area contributed by atoms with Crippen molar-refractivity contribution >= 4 is 52.4 Å². The lowest BCUT2D eigenvalue weighted by Gasteiger charge is -2.10. The van der Waals surface area contributed by atoms with Crippen molar-refractivity contribution in [1.29, 1.82) is 0 Å². The van der Waals surface area contributed by atoms with E-state index >= 15 is 0 Å². The Morgan fingerprint density at radius 3 is 2.36 bits per heavy atom. The van der Waals surface area contributed by atoms with Gasteiger partial charge in [0.15, 0.2) is 0 Å². The number of alkyl halides is 4. The van der Waals surface area contributed by atoms with E-state index in [4.69, 9.17) is 51.1 Å². The topological polar surface area (TPSA) is 26.3 Å². The number of halogens is 4. The predicted molar refractivity (Wildman–Crippen MR) is 60.4 cm³/mol. The Morgan fingerprint density at radius 2 is 1.93 bits per heavy atom. The molecule has 6 heteroatoms. The van der Waals surface area contributed by atoms with Gasteiger partial charge < -0.3 is 4.74 Å². The minimum Gasteiger partial charge on any atom is -0.463 e. The second kappa shape index (κ2) is 7.00. The molecule has 84 valence electrons. The molecule has 0 bridgehead atoms. The third-order valence-corrected chi connectivity index (χ3v) is 2.14. The van der Waals surface area contributed by atoms with E-state index in [1.54, 1.807) is 0 Å². The van der Waals surface area contributed by atoms with E-state index in [9.17, 15) is 4.79 Å². The third kappa shape index (κ3) is 7.98. The molecule has 1 atom stereocenters. The maximum absolute atomic E-state index is 10.9. The van der Waals surface area contributed by atoms with Crippen LogP contribution in [-0.4, -0.2) is 21.7 Å². The van der Waals surface area contributed by atoms with Crippen LogP contribution < -0.4 is 0 Å². The van der Waals surface area contributed by atoms with Crippen molar-refractivity contribution in [2.24, 2.45) is 0 Å². The van der Waals surface area contributed by atoms with E-state index in [2.05, 4.69) is 0 Å². The number of carbonyl (C=O) groups excluding carboxylic acids is 1. The van der Waals surface area contributed by atoms with Crippen LogP contribution in [0.25, 0.3) is 0 Å². The summed E-state index contributed by atoms with van der Waals surface area (Å²) in [6, 6.07) is 0. The summed E-state index contributed by atoms with van der Waals surface area (Å²) in [5, 5.41) is 0.138. The van der Waals surface area contributed by atoms with E-state index in [0.29, 0.717) is 0 Å². The van der Waals surface area contributed by atoms with Crippen molar-refractivity contribution in [2.75, 3.05) is 6.61 Å². The minimum atomic E-state index is -1.97. The van der Waals surface area contributed by atoms with Gasteiger partial charge in [0, 0.05) is 5.38 Å². The Labute approximate surface area is 104 Å². The Bertz CT molecular complexity index is 177. The summed E-state index contributed by atoms with van der Waals surface area (Å²) in [6.45, 7) is 2.17. The predicted octanol–water partition coefficient (Wildman–Crippen LogP) is 3.70. The minimum absolute atomic E-state index is 0.138. The molecule has 0 aliphatic heterocycles. The highest BCUT2D eigenvalue weighted by Crippen LogP contribution is 2.27. The molecule has 0 aromatic rings. The number of hydrogen-bond donors (Lipinski definition) is 0. The lowest BCUT2D eigenvalue weighted by atomic mass is 10.2. The maximum Gasteiger partial charge on any atom is 0.358 e. The molecule has 0 aliphatic rings. The third-order valence-electron chi connectivity index (χ3n) is 1.46. The molecule has 14 heavy (non-hydrogen) atoms. The Hall–Kier alpha value is 0.630. The first-order chi connectivity index (χ1) is 6.34. The van der Waals surface area contributed by atoms with Gasteiger partial charge >= 0.3 is 5.97 Å². The summed E-state index contributed by atoms with van der Waals surface area (Å²) < 4.78 is 2.74. The number of rotatable bonds is 5. The lowest BCUT2D eigenvalue weighted by Crippen LogP contribution is -2.22. The molecule has 0 aromatic heterocycles. The molecule has 0 heterocycles. The lowest BCUT2D eigenvalue weighted by molar-refractivity contribution is -0.142. The summed E-state index contributed by atoms with van der Waals surface area (Å²) in [5.41, 5.74) is 0. The van der Waals surface area contributed by atoms with E-state index in [1.165, 1.54) is 0 Å². The van der Waals surface area contributed by atoms with Gasteiger partial charge in [-0.25, -0.2) is 4.79 Å². The van der Waals surface area contributed by atoms with E-state index < -0.39 is 9.76 Å². The monoisotopic (exact) mass is 280 g/mol. The van der Waals surface area contributed by atoms with Crippen LogP contribution >= 0.6 is 46.4 Å². The van der Waals surface area contributed by atoms with Crippen LogP contribution in [0.3, 0.4) is 0 Å². The zero-order chi connectivity index (χ0) is 11.2. The van der Waals surface area contributed by atoms with Crippen LogP contribution in [0, 0.1) is 0 Å². The van der Waals surface area contributed by atoms with Gasteiger partial charge in [-0.2, -0.15) is 0 Å². The largest absolute Gasteiger partial charge is 0.463 e. The van der Waals surface area contributed by atoms with Crippen molar-refractivity contribution in [2.45, 2.75) is 35.4 Å². The Balaban J connectivity index is 3.42. The molecule has 0 rings (SSSR count). The second-order valence-corrected chi connectivity index (χ2v) is 5.94. The molecule has 0 aromatic carbocycles. The number of carbonyl (C=O) groups is 1. The summed E-state index contributed by atoms with van der Waals surface area (Å²) >= 11 is 21.6. The van der Waals surface area contributed by atoms with Crippen LogP contribution in [0.1, 0.15) is 26.2 Å². The van der Waals surface area contributed by atoms with Gasteiger partial charge in [-0.05, 0) is 26.2 Å². The highest BCUT2D eigenvalue weighted by molar-refractivity contribution is 6.75. The van der Waals surface area contributed by atoms with E-state index in [0.717, 1.165) is 19.3 Å². The van der Waals surface area contributed by atoms with Crippen molar-refractivity contribution in [3.8, 4) is 0 Å². The molecule has 0 aliphatic carbocycles. The molecule has 1 unspecified atom stereocenters. The van der Waals surface area contributed by atoms with Gasteiger partial charge in [0.1, 0.15) is 0 Å². The molecule has 0 N–H and O–H groups in total. The van der Waals surface area contributed by atoms with Gasteiger partial charge in [-0.1, -0.05) is 34.8 Å². The van der Waals surface area contributed by atoms with Gasteiger partial charge in [-0.15, -0.1) is 11.6 Å². The maximum atomic E-state index is 10.9. The number of hydrogen-bond acceptors (Lipinski definition) is 2. The second-order valence-electron chi connectivity index (χ2n) is 2.91. The molecule has 0 amide bonds. The van der Waals surface area contributed by atoms with Gasteiger partial charge in [-0.3, -0.25) is 0 Å². The number of ether oxygens (including phenoxy) is 1. The summed E-state index contributed by atoms with van der Waals surface area (Å²) in [6.07, 6.45) is 2.49. The van der Waals surface area contributed by atoms with E-state index in [-0.39, 0.29) is 12.0 Å². The summed E-state index contributed by atoms with van der Waals surface area (Å²) in [5.74, 6) is -0.832. The standard InChI is InChI=1S/C8H12Cl4O2/c1-6(9)4-2-3-5-14-7(13)8(10,11)12/h6H,2-5H2,1H3. The van der Waals surface area contributed by atoms with Crippen LogP contribution in [-0.2, 0) is 9.53 Å².